The van der Waals surface area contributed by atoms with Crippen LogP contribution in [0.1, 0.15) is 168 Å². The van der Waals surface area contributed by atoms with Gasteiger partial charge >= 0.3 is 7.82 Å². The van der Waals surface area contributed by atoms with E-state index in [0.717, 1.165) is 38.5 Å². The average molecular weight is 808 g/mol. The minimum absolute atomic E-state index is 0.265. The molecule has 1 aliphatic rings. The van der Waals surface area contributed by atoms with Crippen LogP contribution in [0, 0.1) is 0 Å². The van der Waals surface area contributed by atoms with E-state index in [4.69, 9.17) is 9.05 Å². The summed E-state index contributed by atoms with van der Waals surface area (Å²) in [5, 5.41) is 74.2. The second-order valence-electron chi connectivity index (χ2n) is 15.4. The van der Waals surface area contributed by atoms with Gasteiger partial charge in [-0.3, -0.25) is 13.8 Å². The summed E-state index contributed by atoms with van der Waals surface area (Å²) in [6.07, 6.45) is 18.5. The van der Waals surface area contributed by atoms with Gasteiger partial charge in [-0.2, -0.15) is 0 Å². The van der Waals surface area contributed by atoms with E-state index in [-0.39, 0.29) is 6.42 Å². The van der Waals surface area contributed by atoms with E-state index in [1.54, 1.807) is 6.08 Å². The Morgan fingerprint density at radius 2 is 1.05 bits per heavy atom. The summed E-state index contributed by atoms with van der Waals surface area (Å²) in [4.78, 5) is 23.3. The zero-order valence-electron chi connectivity index (χ0n) is 33.8. The lowest BCUT2D eigenvalue weighted by Gasteiger charge is -2.41. The molecule has 0 bridgehead atoms. The number of hydrogen-bond donors (Lipinski definition) is 9. The fourth-order valence-electron chi connectivity index (χ4n) is 6.71. The van der Waals surface area contributed by atoms with Crippen molar-refractivity contribution in [2.24, 2.45) is 0 Å². The SMILES string of the molecule is CCCCCCCC/C=C\CCCC(O)CC(=O)NC(COP(=O)(O)OC1C(O)C(O)C(O)C(O)C1O)C(O)/C=C/CCCCCCCCCCCCCC. The summed E-state index contributed by atoms with van der Waals surface area (Å²) in [5.74, 6) is -0.611. The number of allylic oxidation sites excluding steroid dienone is 3. The van der Waals surface area contributed by atoms with Crippen molar-refractivity contribution in [3.05, 3.63) is 24.3 Å². The van der Waals surface area contributed by atoms with E-state index in [0.29, 0.717) is 19.3 Å². The minimum Gasteiger partial charge on any atom is -0.393 e. The van der Waals surface area contributed by atoms with E-state index < -0.39 is 75.2 Å². The average Bonchev–Trinajstić information content (AvgIpc) is 3.15. The van der Waals surface area contributed by atoms with Gasteiger partial charge in [-0.05, 0) is 44.9 Å². The van der Waals surface area contributed by atoms with Crippen molar-refractivity contribution in [1.82, 2.24) is 5.32 Å². The van der Waals surface area contributed by atoms with E-state index in [1.807, 2.05) is 0 Å². The van der Waals surface area contributed by atoms with Crippen LogP contribution in [0.25, 0.3) is 0 Å². The van der Waals surface area contributed by atoms with Crippen LogP contribution in [0.4, 0.5) is 0 Å². The molecule has 1 amide bonds. The maximum absolute atomic E-state index is 12.9. The Morgan fingerprint density at radius 1 is 0.636 bits per heavy atom. The Hall–Kier alpha value is -1.22. The first kappa shape index (κ1) is 51.8. The Balaban J connectivity index is 2.64. The molecule has 55 heavy (non-hydrogen) atoms. The summed E-state index contributed by atoms with van der Waals surface area (Å²) in [7, 11) is -5.14. The lowest BCUT2D eigenvalue weighted by atomic mass is 9.85. The van der Waals surface area contributed by atoms with Crippen LogP contribution in [-0.2, 0) is 18.4 Å². The van der Waals surface area contributed by atoms with E-state index >= 15 is 0 Å². The number of phosphoric acid groups is 1. The van der Waals surface area contributed by atoms with Crippen LogP contribution in [0.5, 0.6) is 0 Å². The molecule has 0 radical (unpaired) electrons. The molecule has 8 atom stereocenters. The monoisotopic (exact) mass is 808 g/mol. The molecule has 1 rings (SSSR count). The van der Waals surface area contributed by atoms with Gasteiger partial charge in [0.25, 0.3) is 0 Å². The third-order valence-electron chi connectivity index (χ3n) is 10.3. The second-order valence-corrected chi connectivity index (χ2v) is 16.8. The highest BCUT2D eigenvalue weighted by molar-refractivity contribution is 7.47. The van der Waals surface area contributed by atoms with Crippen LogP contribution < -0.4 is 5.32 Å². The fourth-order valence-corrected chi connectivity index (χ4v) is 7.68. The zero-order valence-corrected chi connectivity index (χ0v) is 34.7. The number of aliphatic hydroxyl groups excluding tert-OH is 7. The fraction of sp³-hybridized carbons (Fsp3) is 0.878. The lowest BCUT2D eigenvalue weighted by molar-refractivity contribution is -0.220. The molecule has 1 fully saturated rings. The zero-order chi connectivity index (χ0) is 40.9. The lowest BCUT2D eigenvalue weighted by Crippen LogP contribution is -2.64. The number of carbonyl (C=O) groups is 1. The van der Waals surface area contributed by atoms with Crippen LogP contribution in [0.15, 0.2) is 24.3 Å². The summed E-state index contributed by atoms with van der Waals surface area (Å²) in [5.41, 5.74) is 0. The van der Waals surface area contributed by atoms with Gasteiger partial charge in [-0.1, -0.05) is 141 Å². The first-order valence-corrected chi connectivity index (χ1v) is 22.9. The molecule has 0 heterocycles. The molecule has 0 aromatic carbocycles. The van der Waals surface area contributed by atoms with Crippen LogP contribution in [0.3, 0.4) is 0 Å². The molecule has 0 saturated heterocycles. The number of unbranched alkanes of at least 4 members (excludes halogenated alkanes) is 19. The van der Waals surface area contributed by atoms with Gasteiger partial charge in [-0.25, -0.2) is 4.57 Å². The molecule has 0 aliphatic heterocycles. The van der Waals surface area contributed by atoms with Crippen LogP contribution in [0.2, 0.25) is 0 Å². The molecule has 0 spiro atoms. The standard InChI is InChI=1S/C41H78NO12P/c1-3-5-7-9-11-13-15-16-17-19-21-23-25-27-29-34(44)33(31-53-55(51,52)54-41-39(49)37(47)36(46)38(48)40(41)50)42-35(45)30-32(43)28-26-24-22-20-18-14-12-10-8-6-4-2/h20,22,27,29,32-34,36-41,43-44,46-50H,3-19,21,23-26,28,30-31H2,1-2H3,(H,42,45)(H,51,52)/b22-20-,29-27+. The number of phosphoric ester groups is 1. The highest BCUT2D eigenvalue weighted by Gasteiger charge is 2.51. The number of hydrogen-bond acceptors (Lipinski definition) is 11. The maximum Gasteiger partial charge on any atom is 0.472 e. The van der Waals surface area contributed by atoms with E-state index in [9.17, 15) is 50.0 Å². The topological polar surface area (TPSA) is 226 Å². The quantitative estimate of drug-likeness (QED) is 0.0207. The molecule has 8 unspecified atom stereocenters. The van der Waals surface area contributed by atoms with Crippen molar-refractivity contribution in [2.45, 2.75) is 223 Å². The number of rotatable bonds is 34. The van der Waals surface area contributed by atoms with Gasteiger partial charge in [0.15, 0.2) is 0 Å². The van der Waals surface area contributed by atoms with Crippen molar-refractivity contribution in [3.63, 3.8) is 0 Å². The molecular formula is C41H78NO12P. The molecule has 1 aliphatic carbocycles. The Bertz CT molecular complexity index is 1050. The highest BCUT2D eigenvalue weighted by atomic mass is 31.2. The van der Waals surface area contributed by atoms with Crippen LogP contribution >= 0.6 is 7.82 Å². The Kier molecular flexibility index (Phi) is 29.9. The predicted octanol–water partition coefficient (Wildman–Crippen LogP) is 6.03. The van der Waals surface area contributed by atoms with Gasteiger partial charge < -0.3 is 46.0 Å². The van der Waals surface area contributed by atoms with E-state index in [2.05, 4.69) is 31.3 Å². The number of amides is 1. The second kappa shape index (κ2) is 31.7. The first-order valence-electron chi connectivity index (χ1n) is 21.4. The maximum atomic E-state index is 12.9. The summed E-state index contributed by atoms with van der Waals surface area (Å²) < 4.78 is 22.8. The van der Waals surface area contributed by atoms with Gasteiger partial charge in [0.2, 0.25) is 5.91 Å². The first-order chi connectivity index (χ1) is 26.3. The molecule has 14 heteroatoms. The molecular weight excluding hydrogens is 729 g/mol. The molecule has 1 saturated carbocycles. The largest absolute Gasteiger partial charge is 0.472 e. The van der Waals surface area contributed by atoms with Gasteiger partial charge in [0.05, 0.1) is 31.3 Å². The number of carbonyl (C=O) groups excluding carboxylic acids is 1. The van der Waals surface area contributed by atoms with Crippen LogP contribution in [-0.4, -0.2) is 108 Å². The molecule has 324 valence electrons. The Labute approximate surface area is 331 Å². The molecule has 0 aromatic heterocycles. The normalized spacial score (nSPS) is 24.6. The van der Waals surface area contributed by atoms with E-state index in [1.165, 1.54) is 96.0 Å². The van der Waals surface area contributed by atoms with Gasteiger partial charge in [-0.15, -0.1) is 0 Å². The van der Waals surface area contributed by atoms with Crippen molar-refractivity contribution < 1.29 is 59.0 Å². The predicted molar refractivity (Wildman–Crippen MR) is 215 cm³/mol. The van der Waals surface area contributed by atoms with Crippen molar-refractivity contribution in [2.75, 3.05) is 6.61 Å². The van der Waals surface area contributed by atoms with Crippen molar-refractivity contribution >= 4 is 13.7 Å². The third-order valence-corrected chi connectivity index (χ3v) is 11.3. The Morgan fingerprint density at radius 3 is 1.55 bits per heavy atom. The third kappa shape index (κ3) is 24.3. The summed E-state index contributed by atoms with van der Waals surface area (Å²) >= 11 is 0. The number of nitrogens with one attached hydrogen (secondary N) is 1. The van der Waals surface area contributed by atoms with Crippen molar-refractivity contribution in [1.29, 1.82) is 0 Å². The van der Waals surface area contributed by atoms with Gasteiger partial charge in [0, 0.05) is 0 Å². The molecule has 13 nitrogen and oxygen atoms in total. The molecule has 9 N–H and O–H groups in total. The summed E-state index contributed by atoms with van der Waals surface area (Å²) in [6, 6.07) is -1.24. The highest BCUT2D eigenvalue weighted by Crippen LogP contribution is 2.47. The summed E-state index contributed by atoms with van der Waals surface area (Å²) in [6.45, 7) is 3.69. The smallest absolute Gasteiger partial charge is 0.393 e. The minimum atomic E-state index is -5.14. The van der Waals surface area contributed by atoms with Gasteiger partial charge in [0.1, 0.15) is 36.6 Å². The molecule has 0 aromatic rings. The number of aliphatic hydroxyl groups is 7. The van der Waals surface area contributed by atoms with Crippen molar-refractivity contribution in [3.8, 4) is 0 Å².